The van der Waals surface area contributed by atoms with Crippen molar-refractivity contribution in [3.8, 4) is 5.75 Å². The molecule has 1 amide bonds. The van der Waals surface area contributed by atoms with Crippen molar-refractivity contribution in [1.82, 2.24) is 5.32 Å². The molecule has 0 unspecified atom stereocenters. The van der Waals surface area contributed by atoms with Crippen LogP contribution >= 0.6 is 0 Å². The number of benzene rings is 2. The van der Waals surface area contributed by atoms with E-state index in [9.17, 15) is 9.90 Å². The molecule has 3 N–H and O–H groups in total. The predicted octanol–water partition coefficient (Wildman–Crippen LogP) is 2.90. The first-order valence-corrected chi connectivity index (χ1v) is 7.13. The lowest BCUT2D eigenvalue weighted by molar-refractivity contribution is 0.0951. The minimum Gasteiger partial charge on any atom is -0.508 e. The van der Waals surface area contributed by atoms with Crippen LogP contribution < -0.4 is 10.6 Å². The average Bonchev–Trinajstić information content (AvgIpc) is 3.29. The second-order valence-electron chi connectivity index (χ2n) is 5.35. The van der Waals surface area contributed by atoms with Gasteiger partial charge in [0.2, 0.25) is 0 Å². The maximum Gasteiger partial charge on any atom is 0.251 e. The SMILES string of the molecule is O=C(NC1CC1)c1cccc(NCc2cccc(O)c2)c1. The van der Waals surface area contributed by atoms with Crippen molar-refractivity contribution < 1.29 is 9.90 Å². The summed E-state index contributed by atoms with van der Waals surface area (Å²) < 4.78 is 0. The molecule has 1 aliphatic rings. The van der Waals surface area contributed by atoms with Crippen LogP contribution in [-0.2, 0) is 6.54 Å². The smallest absolute Gasteiger partial charge is 0.251 e. The van der Waals surface area contributed by atoms with Gasteiger partial charge in [0.05, 0.1) is 0 Å². The summed E-state index contributed by atoms with van der Waals surface area (Å²) in [4.78, 5) is 12.0. The van der Waals surface area contributed by atoms with Gasteiger partial charge < -0.3 is 15.7 Å². The summed E-state index contributed by atoms with van der Waals surface area (Å²) >= 11 is 0. The Morgan fingerprint density at radius 2 is 1.95 bits per heavy atom. The van der Waals surface area contributed by atoms with Gasteiger partial charge in [0.1, 0.15) is 5.75 Å². The van der Waals surface area contributed by atoms with Gasteiger partial charge in [-0.25, -0.2) is 0 Å². The van der Waals surface area contributed by atoms with Crippen molar-refractivity contribution in [3.05, 3.63) is 59.7 Å². The molecule has 2 aromatic rings. The minimum absolute atomic E-state index is 0.0153. The Morgan fingerprint density at radius 3 is 2.71 bits per heavy atom. The number of phenols is 1. The summed E-state index contributed by atoms with van der Waals surface area (Å²) in [5.74, 6) is 0.241. The number of nitrogens with one attached hydrogen (secondary N) is 2. The maximum atomic E-state index is 12.0. The first-order chi connectivity index (χ1) is 10.2. The van der Waals surface area contributed by atoms with Gasteiger partial charge in [0.15, 0.2) is 0 Å². The first kappa shape index (κ1) is 13.5. The predicted molar refractivity (Wildman–Crippen MR) is 82.4 cm³/mol. The fourth-order valence-corrected chi connectivity index (χ4v) is 2.14. The third kappa shape index (κ3) is 3.75. The standard InChI is InChI=1S/C17H18N2O2/c20-16-6-1-3-12(9-16)11-18-15-5-2-4-13(10-15)17(21)19-14-7-8-14/h1-6,9-10,14,18,20H,7-8,11H2,(H,19,21). The third-order valence-electron chi connectivity index (χ3n) is 3.44. The van der Waals surface area contributed by atoms with E-state index in [0.717, 1.165) is 24.1 Å². The van der Waals surface area contributed by atoms with Crippen LogP contribution in [0.5, 0.6) is 5.75 Å². The van der Waals surface area contributed by atoms with Gasteiger partial charge in [-0.1, -0.05) is 18.2 Å². The van der Waals surface area contributed by atoms with Crippen molar-refractivity contribution in [2.45, 2.75) is 25.4 Å². The Hall–Kier alpha value is -2.49. The molecule has 1 saturated carbocycles. The van der Waals surface area contributed by atoms with Gasteiger partial charge in [-0.15, -0.1) is 0 Å². The summed E-state index contributed by atoms with van der Waals surface area (Å²) in [5.41, 5.74) is 2.55. The molecule has 0 aromatic heterocycles. The van der Waals surface area contributed by atoms with Crippen molar-refractivity contribution in [2.24, 2.45) is 0 Å². The van der Waals surface area contributed by atoms with E-state index >= 15 is 0 Å². The van der Waals surface area contributed by atoms with Crippen LogP contribution in [0.4, 0.5) is 5.69 Å². The quantitative estimate of drug-likeness (QED) is 0.790. The minimum atomic E-state index is -0.0153. The Bertz CT molecular complexity index is 651. The Kier molecular flexibility index (Phi) is 3.77. The highest BCUT2D eigenvalue weighted by atomic mass is 16.3. The number of hydrogen-bond acceptors (Lipinski definition) is 3. The summed E-state index contributed by atoms with van der Waals surface area (Å²) in [6.45, 7) is 0.599. The molecule has 1 aliphatic carbocycles. The Morgan fingerprint density at radius 1 is 1.14 bits per heavy atom. The first-order valence-electron chi connectivity index (χ1n) is 7.13. The highest BCUT2D eigenvalue weighted by molar-refractivity contribution is 5.95. The van der Waals surface area contributed by atoms with E-state index in [2.05, 4.69) is 10.6 Å². The molecule has 4 nitrogen and oxygen atoms in total. The number of hydrogen-bond donors (Lipinski definition) is 3. The fourth-order valence-electron chi connectivity index (χ4n) is 2.14. The summed E-state index contributed by atoms with van der Waals surface area (Å²) in [7, 11) is 0. The normalized spacial score (nSPS) is 13.7. The zero-order valence-electron chi connectivity index (χ0n) is 11.7. The zero-order valence-corrected chi connectivity index (χ0v) is 11.7. The highest BCUT2D eigenvalue weighted by Crippen LogP contribution is 2.20. The number of carbonyl (C=O) groups excluding carboxylic acids is 1. The van der Waals surface area contributed by atoms with E-state index in [1.807, 2.05) is 36.4 Å². The summed E-state index contributed by atoms with van der Waals surface area (Å²) in [5, 5.41) is 15.7. The average molecular weight is 282 g/mol. The number of anilines is 1. The van der Waals surface area contributed by atoms with Crippen molar-refractivity contribution >= 4 is 11.6 Å². The second-order valence-corrected chi connectivity index (χ2v) is 5.35. The Balaban J connectivity index is 1.63. The van der Waals surface area contributed by atoms with Gasteiger partial charge in [-0.05, 0) is 48.7 Å². The van der Waals surface area contributed by atoms with Crippen LogP contribution in [0, 0.1) is 0 Å². The van der Waals surface area contributed by atoms with E-state index in [1.165, 1.54) is 0 Å². The number of carbonyl (C=O) groups is 1. The third-order valence-corrected chi connectivity index (χ3v) is 3.44. The molecule has 0 atom stereocenters. The van der Waals surface area contributed by atoms with Crippen LogP contribution in [-0.4, -0.2) is 17.1 Å². The molecule has 108 valence electrons. The lowest BCUT2D eigenvalue weighted by Gasteiger charge is -2.09. The molecule has 21 heavy (non-hydrogen) atoms. The molecule has 1 fully saturated rings. The van der Waals surface area contributed by atoms with Gasteiger partial charge >= 0.3 is 0 Å². The summed E-state index contributed by atoms with van der Waals surface area (Å²) in [6.07, 6.45) is 2.17. The van der Waals surface area contributed by atoms with Crippen LogP contribution in [0.25, 0.3) is 0 Å². The lowest BCUT2D eigenvalue weighted by Crippen LogP contribution is -2.25. The largest absolute Gasteiger partial charge is 0.508 e. The fraction of sp³-hybridized carbons (Fsp3) is 0.235. The van der Waals surface area contributed by atoms with E-state index in [0.29, 0.717) is 18.2 Å². The van der Waals surface area contributed by atoms with Gasteiger partial charge in [-0.3, -0.25) is 4.79 Å². The Labute approximate surface area is 123 Å². The maximum absolute atomic E-state index is 12.0. The zero-order chi connectivity index (χ0) is 14.7. The number of phenolic OH excluding ortho intramolecular Hbond substituents is 1. The topological polar surface area (TPSA) is 61.4 Å². The molecule has 0 saturated heterocycles. The molecule has 0 aliphatic heterocycles. The highest BCUT2D eigenvalue weighted by Gasteiger charge is 2.23. The van der Waals surface area contributed by atoms with Gasteiger partial charge in [0, 0.05) is 23.8 Å². The molecule has 0 spiro atoms. The molecular formula is C17H18N2O2. The van der Waals surface area contributed by atoms with E-state index in [-0.39, 0.29) is 11.7 Å². The number of rotatable bonds is 5. The molecular weight excluding hydrogens is 264 g/mol. The number of aromatic hydroxyl groups is 1. The molecule has 4 heteroatoms. The van der Waals surface area contributed by atoms with Crippen molar-refractivity contribution in [1.29, 1.82) is 0 Å². The van der Waals surface area contributed by atoms with Crippen molar-refractivity contribution in [3.63, 3.8) is 0 Å². The van der Waals surface area contributed by atoms with Crippen LogP contribution in [0.15, 0.2) is 48.5 Å². The molecule has 0 bridgehead atoms. The molecule has 2 aromatic carbocycles. The van der Waals surface area contributed by atoms with E-state index in [1.54, 1.807) is 12.1 Å². The molecule has 3 rings (SSSR count). The second kappa shape index (κ2) is 5.87. The van der Waals surface area contributed by atoms with Gasteiger partial charge in [-0.2, -0.15) is 0 Å². The van der Waals surface area contributed by atoms with Crippen LogP contribution in [0.3, 0.4) is 0 Å². The molecule has 0 heterocycles. The molecule has 0 radical (unpaired) electrons. The lowest BCUT2D eigenvalue weighted by atomic mass is 10.1. The van der Waals surface area contributed by atoms with E-state index < -0.39 is 0 Å². The van der Waals surface area contributed by atoms with Crippen molar-refractivity contribution in [2.75, 3.05) is 5.32 Å². The van der Waals surface area contributed by atoms with Gasteiger partial charge in [0.25, 0.3) is 5.91 Å². The summed E-state index contributed by atoms with van der Waals surface area (Å²) in [6, 6.07) is 14.9. The van der Waals surface area contributed by atoms with Crippen LogP contribution in [0.2, 0.25) is 0 Å². The van der Waals surface area contributed by atoms with Crippen LogP contribution in [0.1, 0.15) is 28.8 Å². The van der Waals surface area contributed by atoms with E-state index in [4.69, 9.17) is 0 Å². The number of amides is 1. The monoisotopic (exact) mass is 282 g/mol.